The molecule has 3 heteroatoms. The highest BCUT2D eigenvalue weighted by atomic mass is 16.1. The predicted molar refractivity (Wildman–Crippen MR) is 83.4 cm³/mol. The van der Waals surface area contributed by atoms with Gasteiger partial charge >= 0.3 is 0 Å². The van der Waals surface area contributed by atoms with Crippen molar-refractivity contribution in [3.05, 3.63) is 39.4 Å². The SMILES string of the molecule is CCC1=C(CC)/C(=C/c2[nH]c(C)c(CC)c2C)NC1=O. The Morgan fingerprint density at radius 1 is 1.00 bits per heavy atom. The first kappa shape index (κ1) is 14.6. The Balaban J connectivity index is 2.47. The van der Waals surface area contributed by atoms with Crippen molar-refractivity contribution >= 4 is 12.0 Å². The van der Waals surface area contributed by atoms with Gasteiger partial charge in [0.05, 0.1) is 0 Å². The summed E-state index contributed by atoms with van der Waals surface area (Å²) in [4.78, 5) is 15.4. The fourth-order valence-corrected chi connectivity index (χ4v) is 3.11. The van der Waals surface area contributed by atoms with E-state index in [1.807, 2.05) is 6.92 Å². The summed E-state index contributed by atoms with van der Waals surface area (Å²) in [6.07, 6.45) is 4.78. The first-order chi connectivity index (χ1) is 9.53. The van der Waals surface area contributed by atoms with Gasteiger partial charge in [-0.25, -0.2) is 0 Å². The molecule has 2 heterocycles. The molecule has 0 atom stereocenters. The van der Waals surface area contributed by atoms with Crippen LogP contribution in [0.25, 0.3) is 6.08 Å². The summed E-state index contributed by atoms with van der Waals surface area (Å²) in [6, 6.07) is 0. The molecule has 0 spiro atoms. The zero-order valence-corrected chi connectivity index (χ0v) is 13.1. The van der Waals surface area contributed by atoms with Gasteiger partial charge in [0.15, 0.2) is 0 Å². The van der Waals surface area contributed by atoms with Gasteiger partial charge in [0, 0.05) is 22.7 Å². The Morgan fingerprint density at radius 2 is 1.65 bits per heavy atom. The van der Waals surface area contributed by atoms with Gasteiger partial charge in [-0.2, -0.15) is 0 Å². The molecule has 0 unspecified atom stereocenters. The van der Waals surface area contributed by atoms with Crippen LogP contribution in [-0.2, 0) is 11.2 Å². The van der Waals surface area contributed by atoms with E-state index in [9.17, 15) is 4.79 Å². The number of allylic oxidation sites excluding steroid dienone is 1. The summed E-state index contributed by atoms with van der Waals surface area (Å²) in [6.45, 7) is 10.6. The lowest BCUT2D eigenvalue weighted by atomic mass is 10.0. The highest BCUT2D eigenvalue weighted by Crippen LogP contribution is 2.28. The molecule has 20 heavy (non-hydrogen) atoms. The van der Waals surface area contributed by atoms with Gasteiger partial charge < -0.3 is 10.3 Å². The third kappa shape index (κ3) is 2.33. The lowest BCUT2D eigenvalue weighted by Gasteiger charge is -2.03. The summed E-state index contributed by atoms with van der Waals surface area (Å²) in [5.41, 5.74) is 8.03. The minimum absolute atomic E-state index is 0.0623. The minimum Gasteiger partial charge on any atom is -0.359 e. The number of H-pyrrole nitrogens is 1. The number of rotatable bonds is 4. The summed E-state index contributed by atoms with van der Waals surface area (Å²) < 4.78 is 0. The molecule has 3 nitrogen and oxygen atoms in total. The summed E-state index contributed by atoms with van der Waals surface area (Å²) in [5, 5.41) is 3.01. The number of carbonyl (C=O) groups is 1. The van der Waals surface area contributed by atoms with Gasteiger partial charge in [0.2, 0.25) is 0 Å². The average Bonchev–Trinajstić information content (AvgIpc) is 2.86. The molecule has 0 aromatic carbocycles. The maximum atomic E-state index is 12.0. The van der Waals surface area contributed by atoms with Crippen molar-refractivity contribution in [3.8, 4) is 0 Å². The monoisotopic (exact) mass is 272 g/mol. The van der Waals surface area contributed by atoms with Crippen molar-refractivity contribution in [1.29, 1.82) is 0 Å². The number of aromatic nitrogens is 1. The summed E-state index contributed by atoms with van der Waals surface area (Å²) >= 11 is 0. The first-order valence-corrected chi connectivity index (χ1v) is 7.46. The maximum absolute atomic E-state index is 12.0. The Labute approximate surface area is 121 Å². The second-order valence-corrected chi connectivity index (χ2v) is 5.30. The van der Waals surface area contributed by atoms with E-state index in [0.29, 0.717) is 0 Å². The van der Waals surface area contributed by atoms with E-state index in [4.69, 9.17) is 0 Å². The molecule has 1 aliphatic heterocycles. The summed E-state index contributed by atoms with van der Waals surface area (Å²) in [7, 11) is 0. The van der Waals surface area contributed by atoms with Gasteiger partial charge in [-0.05, 0) is 55.9 Å². The van der Waals surface area contributed by atoms with E-state index in [1.165, 1.54) is 16.8 Å². The van der Waals surface area contributed by atoms with Crippen LogP contribution in [0.2, 0.25) is 0 Å². The fraction of sp³-hybridized carbons (Fsp3) is 0.471. The average molecular weight is 272 g/mol. The van der Waals surface area contributed by atoms with Crippen LogP contribution in [-0.4, -0.2) is 10.9 Å². The van der Waals surface area contributed by atoms with E-state index >= 15 is 0 Å². The Kier molecular flexibility index (Phi) is 4.17. The molecular formula is C17H24N2O. The number of carbonyl (C=O) groups excluding carboxylic acids is 1. The molecule has 1 amide bonds. The topological polar surface area (TPSA) is 44.9 Å². The quantitative estimate of drug-likeness (QED) is 0.860. The lowest BCUT2D eigenvalue weighted by Crippen LogP contribution is -2.16. The Hall–Kier alpha value is -1.77. The maximum Gasteiger partial charge on any atom is 0.251 e. The second kappa shape index (κ2) is 5.70. The molecule has 1 aromatic rings. The molecule has 108 valence electrons. The van der Waals surface area contributed by atoms with E-state index in [2.05, 4.69) is 44.1 Å². The normalized spacial score (nSPS) is 17.2. The predicted octanol–water partition coefficient (Wildman–Crippen LogP) is 3.78. The standard InChI is InChI=1S/C17H24N2O/c1-6-12-10(4)15(18-11(12)5)9-16-13(7-2)14(8-3)17(20)19-16/h9,18H,6-8H2,1-5H3,(H,19,20)/b16-9-. The van der Waals surface area contributed by atoms with Crippen LogP contribution < -0.4 is 5.32 Å². The molecule has 0 saturated carbocycles. The molecule has 0 fully saturated rings. The van der Waals surface area contributed by atoms with Crippen LogP contribution >= 0.6 is 0 Å². The molecule has 1 aliphatic rings. The number of aromatic amines is 1. The molecule has 2 rings (SSSR count). The van der Waals surface area contributed by atoms with Gasteiger partial charge in [0.1, 0.15) is 0 Å². The van der Waals surface area contributed by atoms with Crippen LogP contribution in [0.1, 0.15) is 56.1 Å². The fourth-order valence-electron chi connectivity index (χ4n) is 3.11. The molecule has 0 bridgehead atoms. The van der Waals surface area contributed by atoms with Crippen LogP contribution in [0.3, 0.4) is 0 Å². The van der Waals surface area contributed by atoms with Crippen LogP contribution in [0.5, 0.6) is 0 Å². The van der Waals surface area contributed by atoms with Crippen molar-refractivity contribution in [2.24, 2.45) is 0 Å². The van der Waals surface area contributed by atoms with Crippen molar-refractivity contribution in [2.75, 3.05) is 0 Å². The molecule has 0 aliphatic carbocycles. The third-order valence-corrected chi connectivity index (χ3v) is 4.19. The highest BCUT2D eigenvalue weighted by molar-refractivity contribution is 6.01. The van der Waals surface area contributed by atoms with Gasteiger partial charge in [-0.1, -0.05) is 20.8 Å². The minimum atomic E-state index is 0.0623. The van der Waals surface area contributed by atoms with E-state index < -0.39 is 0 Å². The molecule has 0 radical (unpaired) electrons. The van der Waals surface area contributed by atoms with Crippen LogP contribution in [0.4, 0.5) is 0 Å². The molecule has 2 N–H and O–H groups in total. The van der Waals surface area contributed by atoms with Crippen molar-refractivity contribution in [2.45, 2.75) is 53.9 Å². The Bertz CT molecular complexity index is 603. The number of hydrogen-bond acceptors (Lipinski definition) is 1. The zero-order valence-electron chi connectivity index (χ0n) is 13.1. The largest absolute Gasteiger partial charge is 0.359 e. The van der Waals surface area contributed by atoms with Crippen molar-refractivity contribution < 1.29 is 4.79 Å². The van der Waals surface area contributed by atoms with E-state index in [0.717, 1.165) is 41.8 Å². The Morgan fingerprint density at radius 3 is 2.15 bits per heavy atom. The smallest absolute Gasteiger partial charge is 0.251 e. The zero-order chi connectivity index (χ0) is 14.9. The van der Waals surface area contributed by atoms with Gasteiger partial charge in [-0.3, -0.25) is 4.79 Å². The van der Waals surface area contributed by atoms with Gasteiger partial charge in [0.25, 0.3) is 5.91 Å². The van der Waals surface area contributed by atoms with Crippen molar-refractivity contribution in [3.63, 3.8) is 0 Å². The molecule has 0 saturated heterocycles. The number of hydrogen-bond donors (Lipinski definition) is 2. The van der Waals surface area contributed by atoms with E-state index in [1.54, 1.807) is 0 Å². The first-order valence-electron chi connectivity index (χ1n) is 7.46. The van der Waals surface area contributed by atoms with Crippen molar-refractivity contribution in [1.82, 2.24) is 10.3 Å². The summed E-state index contributed by atoms with van der Waals surface area (Å²) in [5.74, 6) is 0.0623. The third-order valence-electron chi connectivity index (χ3n) is 4.19. The number of nitrogens with one attached hydrogen (secondary N) is 2. The number of amides is 1. The van der Waals surface area contributed by atoms with E-state index in [-0.39, 0.29) is 5.91 Å². The van der Waals surface area contributed by atoms with Crippen LogP contribution in [0, 0.1) is 13.8 Å². The number of aryl methyl sites for hydroxylation is 1. The molecule has 1 aromatic heterocycles. The lowest BCUT2D eigenvalue weighted by molar-refractivity contribution is -0.116. The van der Waals surface area contributed by atoms with Crippen LogP contribution in [0.15, 0.2) is 16.8 Å². The molecular weight excluding hydrogens is 248 g/mol. The van der Waals surface area contributed by atoms with Gasteiger partial charge in [-0.15, -0.1) is 0 Å². The highest BCUT2D eigenvalue weighted by Gasteiger charge is 2.24. The second-order valence-electron chi connectivity index (χ2n) is 5.30.